The largest absolute Gasteiger partial charge is 0.505 e. The highest BCUT2D eigenvalue weighted by Crippen LogP contribution is 2.46. The van der Waals surface area contributed by atoms with E-state index >= 15 is 0 Å². The van der Waals surface area contributed by atoms with Gasteiger partial charge in [0.15, 0.2) is 11.0 Å². The number of guanidine groups is 1. The van der Waals surface area contributed by atoms with E-state index in [1.165, 1.54) is 19.1 Å². The van der Waals surface area contributed by atoms with Crippen LogP contribution in [-0.2, 0) is 57.1 Å². The number of amides is 1. The van der Waals surface area contributed by atoms with E-state index in [-0.39, 0.29) is 50.1 Å². The predicted octanol–water partition coefficient (Wildman–Crippen LogP) is 3.69. The van der Waals surface area contributed by atoms with Crippen LogP contribution in [0.15, 0.2) is 127 Å². The van der Waals surface area contributed by atoms with Gasteiger partial charge in [-0.05, 0) is 84.9 Å². The summed E-state index contributed by atoms with van der Waals surface area (Å²) in [5.74, 6) is -4.48. The minimum absolute atomic E-state index is 0.0750. The lowest BCUT2D eigenvalue weighted by Gasteiger charge is -2.34. The van der Waals surface area contributed by atoms with Crippen LogP contribution in [0, 0.1) is 6.92 Å². The molecule has 0 spiro atoms. The molecule has 1 saturated heterocycles. The number of fused-ring (bicyclic) bond motifs is 1. The lowest BCUT2D eigenvalue weighted by molar-refractivity contribution is 0.0997. The molecule has 1 aliphatic rings. The average Bonchev–Trinajstić information content (AvgIpc) is 0.793. The van der Waals surface area contributed by atoms with Gasteiger partial charge in [-0.2, -0.15) is 67.0 Å². The number of nitrogens with one attached hydrogen (secondary N) is 3. The molecule has 0 radical (unpaired) electrons. The second-order valence-corrected chi connectivity index (χ2v) is 25.5. The number of pyridine rings is 1. The van der Waals surface area contributed by atoms with Gasteiger partial charge in [-0.25, -0.2) is 0 Å². The molecule has 1 amide bonds. The third kappa shape index (κ3) is 15.6. The van der Waals surface area contributed by atoms with Crippen molar-refractivity contribution in [2.24, 2.45) is 41.9 Å². The first-order valence-corrected chi connectivity index (χ1v) is 31.8. The Hall–Kier alpha value is -8.46. The van der Waals surface area contributed by atoms with Crippen LogP contribution in [0.4, 0.5) is 46.0 Å². The van der Waals surface area contributed by atoms with Crippen molar-refractivity contribution >= 4 is 148 Å². The topological polar surface area (TPSA) is 559 Å². The van der Waals surface area contributed by atoms with Gasteiger partial charge in [0.05, 0.1) is 16.3 Å². The molecular weight excluding hydrogens is 1300 g/mol. The van der Waals surface area contributed by atoms with Gasteiger partial charge in [0.25, 0.3) is 62.1 Å². The van der Waals surface area contributed by atoms with Gasteiger partial charge in [-0.1, -0.05) is 18.7 Å². The summed E-state index contributed by atoms with van der Waals surface area (Å²) in [6.45, 7) is 7.66. The van der Waals surface area contributed by atoms with Crippen molar-refractivity contribution < 1.29 is 79.9 Å². The molecule has 3 heterocycles. The summed E-state index contributed by atoms with van der Waals surface area (Å²) in [6.07, 6.45) is 0. The van der Waals surface area contributed by atoms with Crippen LogP contribution < -0.4 is 37.9 Å². The number of phenols is 1. The zero-order valence-electron chi connectivity index (χ0n) is 44.2. The van der Waals surface area contributed by atoms with Crippen molar-refractivity contribution in [2.75, 3.05) is 54.8 Å². The summed E-state index contributed by atoms with van der Waals surface area (Å²) < 4.78 is 176. The van der Waals surface area contributed by atoms with Gasteiger partial charge in [0.1, 0.15) is 53.7 Å². The maximum absolute atomic E-state index is 12.8. The van der Waals surface area contributed by atoms with E-state index in [4.69, 9.17) is 34.7 Å². The summed E-state index contributed by atoms with van der Waals surface area (Å²) in [6, 6.07) is 7.56. The SMILES string of the molecule is C=C(/N=C(\N=C(/N)Cl)Nc1cc(S(=O)(=O)O)cc2cc(S(=O)(=O)O)c(/N=N/c3ccccc3S(=O)(=O)O)c(O)c12)NCCN1CCN(c2nc(Cl)nc(Nc3cc(S(=O)(=O)O)c(/N=N/c4c(C)c(C(N)=O)c(=O)n(CC)c4O)cc3S(=O)(=O)O)n2)CC1. The molecule has 464 valence electrons. The number of anilines is 4. The van der Waals surface area contributed by atoms with Crippen molar-refractivity contribution in [3.8, 4) is 11.6 Å². The number of carbonyl (C=O) groups excluding carboxylic acids is 1. The van der Waals surface area contributed by atoms with Gasteiger partial charge >= 0.3 is 0 Å². The highest BCUT2D eigenvalue weighted by molar-refractivity contribution is 7.87. The highest BCUT2D eigenvalue weighted by Gasteiger charge is 2.30. The van der Waals surface area contributed by atoms with Gasteiger partial charge in [-0.3, -0.25) is 41.8 Å². The Morgan fingerprint density at radius 3 is 1.92 bits per heavy atom. The first-order valence-electron chi connectivity index (χ1n) is 23.9. The summed E-state index contributed by atoms with van der Waals surface area (Å²) >= 11 is 12.2. The van der Waals surface area contributed by atoms with Crippen molar-refractivity contribution in [2.45, 2.75) is 44.9 Å². The maximum atomic E-state index is 12.8. The summed E-state index contributed by atoms with van der Waals surface area (Å²) in [4.78, 5) is 43.8. The fourth-order valence-corrected chi connectivity index (χ4v) is 11.6. The highest BCUT2D eigenvalue weighted by atomic mass is 35.5. The number of halogens is 2. The Bertz CT molecular complexity index is 4640. The van der Waals surface area contributed by atoms with Gasteiger partial charge in [-0.15, -0.1) is 20.5 Å². The number of aromatic nitrogens is 4. The van der Waals surface area contributed by atoms with Crippen LogP contribution in [0.5, 0.6) is 11.6 Å². The van der Waals surface area contributed by atoms with E-state index < -0.39 is 171 Å². The van der Waals surface area contributed by atoms with Crippen LogP contribution >= 0.6 is 23.2 Å². The number of phenolic OH excluding ortho intramolecular Hbond substituents is 1. The Kier molecular flexibility index (Phi) is 19.3. The number of benzene rings is 4. The molecule has 0 saturated carbocycles. The monoisotopic (exact) mass is 1350 g/mol. The fourth-order valence-electron chi connectivity index (χ4n) is 8.28. The number of azo groups is 2. The summed E-state index contributed by atoms with van der Waals surface area (Å²) in [7, 11) is -26.1. The number of nitrogens with zero attached hydrogens (tertiary/aromatic N) is 12. The molecule has 0 bridgehead atoms. The van der Waals surface area contributed by atoms with Gasteiger partial charge < -0.3 is 42.5 Å². The standard InChI is InChI=1S/C44H45Cl2N17O19S5/c1-4-63-38(66)32(37(47)65)20(2)34(39(63)67)59-58-26-19-29(85(74,75)76)25(18-30(26)86(77,78)79)51-43-54-41(46)55-44(56-43)62-13-11-61(12-14-62)10-9-49-21(3)50-42(53-40(45)48)52-27-17-23(83(68,69)70)15-22-16-31(87(80,81)82)35(36(64)33(22)27)60-57-24-7-5-6-8-28(24)84(71,72)73/h5-8,15-19,49,64,67H,3-4,9-14H2,1-2H3,(H2,47,65)(H,68,69,70)(H,71,72,73)(H,74,75,76)(H,77,78,79)(H,80,81,82)(H3,48,50,52,53)(H,51,54,55,56)/b59-58+,60-57+. The second kappa shape index (κ2) is 25.5. The fraction of sp³-hybridized carbons (Fsp3) is 0.205. The number of aromatic hydroxyl groups is 2. The quantitative estimate of drug-likeness (QED) is 0.0170. The smallest absolute Gasteiger partial charge is 0.296 e. The van der Waals surface area contributed by atoms with Crippen molar-refractivity contribution in [1.29, 1.82) is 0 Å². The minimum Gasteiger partial charge on any atom is -0.505 e. The second-order valence-electron chi connectivity index (χ2n) is 17.8. The number of hydrogen-bond acceptors (Lipinski definition) is 26. The molecule has 7 rings (SSSR count). The number of aliphatic imine (C=N–C) groups is 2. The number of carbonyl (C=O) groups is 1. The maximum Gasteiger partial charge on any atom is 0.296 e. The average molecular weight is 1350 g/mol. The number of nitrogens with two attached hydrogens (primary N) is 2. The zero-order chi connectivity index (χ0) is 64.5. The third-order valence-electron chi connectivity index (χ3n) is 12.1. The molecule has 1 fully saturated rings. The first-order chi connectivity index (χ1) is 40.4. The molecule has 0 unspecified atom stereocenters. The van der Waals surface area contributed by atoms with Crippen LogP contribution in [0.25, 0.3) is 10.8 Å². The van der Waals surface area contributed by atoms with Crippen LogP contribution in [0.1, 0.15) is 22.8 Å². The van der Waals surface area contributed by atoms with Gasteiger partial charge in [0, 0.05) is 56.8 Å². The number of hydrogen-bond donors (Lipinski definition) is 12. The molecule has 6 aromatic rings. The van der Waals surface area contributed by atoms with Crippen LogP contribution in [0.3, 0.4) is 0 Å². The Morgan fingerprint density at radius 2 is 1.33 bits per heavy atom. The van der Waals surface area contributed by atoms with E-state index in [2.05, 4.69) is 67.9 Å². The normalized spacial score (nSPS) is 14.3. The van der Waals surface area contributed by atoms with E-state index in [1.807, 2.05) is 4.90 Å². The predicted molar refractivity (Wildman–Crippen MR) is 310 cm³/mol. The molecule has 0 aliphatic carbocycles. The molecular formula is C44H45Cl2N17O19S5. The lowest BCUT2D eigenvalue weighted by Crippen LogP contribution is -2.48. The lowest BCUT2D eigenvalue weighted by atomic mass is 10.1. The molecule has 36 nitrogen and oxygen atoms in total. The van der Waals surface area contributed by atoms with Crippen molar-refractivity contribution in [1.82, 2.24) is 29.7 Å². The van der Waals surface area contributed by atoms with E-state index in [0.717, 1.165) is 25.1 Å². The number of primary amides is 1. The van der Waals surface area contributed by atoms with Crippen LogP contribution in [-0.4, -0.2) is 156 Å². The zero-order valence-corrected chi connectivity index (χ0v) is 49.8. The number of piperazine rings is 1. The van der Waals surface area contributed by atoms with Gasteiger partial charge in [0.2, 0.25) is 29.0 Å². The Morgan fingerprint density at radius 1 is 0.724 bits per heavy atom. The first kappa shape index (κ1) is 66.1. The van der Waals surface area contributed by atoms with E-state index in [0.29, 0.717) is 41.9 Å². The molecule has 2 aromatic heterocycles. The van der Waals surface area contributed by atoms with E-state index in [9.17, 15) is 84.7 Å². The van der Waals surface area contributed by atoms with Crippen LogP contribution in [0.2, 0.25) is 5.28 Å². The molecule has 1 aliphatic heterocycles. The minimum atomic E-state index is -5.37. The number of amidine groups is 1. The molecule has 0 atom stereocenters. The Labute approximate surface area is 501 Å². The summed E-state index contributed by atoms with van der Waals surface area (Å²) in [5, 5.41) is 43.0. The third-order valence-corrected chi connectivity index (χ3v) is 16.8. The molecule has 4 aromatic carbocycles. The molecule has 87 heavy (non-hydrogen) atoms. The molecule has 14 N–H and O–H groups in total. The number of rotatable bonds is 20. The van der Waals surface area contributed by atoms with E-state index in [1.54, 1.807) is 4.90 Å². The van der Waals surface area contributed by atoms with Crippen molar-refractivity contribution in [3.63, 3.8) is 0 Å². The Balaban J connectivity index is 1.09. The van der Waals surface area contributed by atoms with Crippen molar-refractivity contribution in [3.05, 3.63) is 93.8 Å². The summed E-state index contributed by atoms with van der Waals surface area (Å²) in [5.41, 5.74) is 4.79. The molecule has 43 heteroatoms.